The topological polar surface area (TPSA) is 120 Å². The Morgan fingerprint density at radius 1 is 1.14 bits per heavy atom. The maximum Gasteiger partial charge on any atom is 0.301 e. The fourth-order valence-electron chi connectivity index (χ4n) is 2.46. The van der Waals surface area contributed by atoms with Crippen LogP contribution in [0.15, 0.2) is 65.8 Å². The largest absolute Gasteiger partial charge is 0.373 e. The van der Waals surface area contributed by atoms with Gasteiger partial charge < -0.3 is 4.74 Å². The molecule has 0 aliphatic carbocycles. The SMILES string of the molecule is CCO[C@@H](C/C=C/C=N\Nc1ccc([N+](=O)[O-])cc1[N+](=O)[O-])c1ccccc1. The van der Waals surface area contributed by atoms with E-state index in [1.165, 1.54) is 18.3 Å². The first-order valence-corrected chi connectivity index (χ1v) is 8.56. The molecule has 0 fully saturated rings. The van der Waals surface area contributed by atoms with Gasteiger partial charge in [0.25, 0.3) is 5.69 Å². The van der Waals surface area contributed by atoms with Crippen LogP contribution in [-0.4, -0.2) is 22.7 Å². The minimum absolute atomic E-state index is 0.0664. The van der Waals surface area contributed by atoms with E-state index in [4.69, 9.17) is 4.74 Å². The molecule has 0 bridgehead atoms. The summed E-state index contributed by atoms with van der Waals surface area (Å²) in [5.74, 6) is 0. The van der Waals surface area contributed by atoms with Gasteiger partial charge in [0, 0.05) is 18.9 Å². The first-order valence-electron chi connectivity index (χ1n) is 8.56. The fraction of sp³-hybridized carbons (Fsp3) is 0.211. The minimum Gasteiger partial charge on any atom is -0.373 e. The lowest BCUT2D eigenvalue weighted by molar-refractivity contribution is -0.393. The number of nitrogens with zero attached hydrogens (tertiary/aromatic N) is 3. The highest BCUT2D eigenvalue weighted by Gasteiger charge is 2.18. The summed E-state index contributed by atoms with van der Waals surface area (Å²) in [6.07, 6.45) is 5.59. The molecule has 0 unspecified atom stereocenters. The van der Waals surface area contributed by atoms with Crippen molar-refractivity contribution in [2.45, 2.75) is 19.4 Å². The lowest BCUT2D eigenvalue weighted by Gasteiger charge is -2.15. The highest BCUT2D eigenvalue weighted by molar-refractivity contribution is 5.73. The standard InChI is InChI=1S/C19H20N4O5/c1-2-28-19(15-8-4-3-5-9-15)10-6-7-13-20-21-17-12-11-16(22(24)25)14-18(17)23(26)27/h3-9,11-14,19,21H,2,10H2,1H3/b7-6+,20-13-/t19-/m0/s1. The van der Waals surface area contributed by atoms with Gasteiger partial charge in [-0.05, 0) is 31.1 Å². The van der Waals surface area contributed by atoms with Gasteiger partial charge in [0.15, 0.2) is 0 Å². The maximum atomic E-state index is 11.1. The van der Waals surface area contributed by atoms with Gasteiger partial charge in [-0.2, -0.15) is 5.10 Å². The van der Waals surface area contributed by atoms with E-state index >= 15 is 0 Å². The van der Waals surface area contributed by atoms with Crippen LogP contribution in [0.5, 0.6) is 0 Å². The molecule has 1 atom stereocenters. The summed E-state index contributed by atoms with van der Waals surface area (Å²) in [6.45, 7) is 2.52. The van der Waals surface area contributed by atoms with Crippen LogP contribution in [-0.2, 0) is 4.74 Å². The minimum atomic E-state index is -0.701. The third-order valence-electron chi connectivity index (χ3n) is 3.76. The molecule has 0 aliphatic heterocycles. The smallest absolute Gasteiger partial charge is 0.301 e. The summed E-state index contributed by atoms with van der Waals surface area (Å²) >= 11 is 0. The molecule has 0 aromatic heterocycles. The molecule has 2 aromatic rings. The van der Waals surface area contributed by atoms with Gasteiger partial charge in [0.2, 0.25) is 0 Å². The molecular formula is C19H20N4O5. The molecule has 0 spiro atoms. The van der Waals surface area contributed by atoms with E-state index in [0.29, 0.717) is 13.0 Å². The van der Waals surface area contributed by atoms with Gasteiger partial charge in [-0.3, -0.25) is 25.7 Å². The predicted octanol–water partition coefficient (Wildman–Crippen LogP) is 4.62. The molecule has 0 radical (unpaired) electrons. The Labute approximate surface area is 161 Å². The van der Waals surface area contributed by atoms with E-state index in [1.54, 1.807) is 6.08 Å². The quantitative estimate of drug-likeness (QED) is 0.362. The summed E-state index contributed by atoms with van der Waals surface area (Å²) in [4.78, 5) is 20.4. The van der Waals surface area contributed by atoms with Crippen LogP contribution in [0.3, 0.4) is 0 Å². The molecule has 0 heterocycles. The summed E-state index contributed by atoms with van der Waals surface area (Å²) in [5, 5.41) is 25.7. The van der Waals surface area contributed by atoms with Crippen molar-refractivity contribution in [3.8, 4) is 0 Å². The van der Waals surface area contributed by atoms with Crippen LogP contribution in [0.2, 0.25) is 0 Å². The monoisotopic (exact) mass is 384 g/mol. The molecule has 28 heavy (non-hydrogen) atoms. The molecule has 2 aromatic carbocycles. The van der Waals surface area contributed by atoms with E-state index in [1.807, 2.05) is 43.3 Å². The van der Waals surface area contributed by atoms with Gasteiger partial charge in [-0.1, -0.05) is 36.4 Å². The summed E-state index contributed by atoms with van der Waals surface area (Å²) in [5.41, 5.74) is 2.89. The van der Waals surface area contributed by atoms with Crippen molar-refractivity contribution in [3.05, 3.63) is 86.5 Å². The summed E-state index contributed by atoms with van der Waals surface area (Å²) in [7, 11) is 0. The molecule has 146 valence electrons. The zero-order valence-electron chi connectivity index (χ0n) is 15.2. The molecule has 0 saturated heterocycles. The highest BCUT2D eigenvalue weighted by atomic mass is 16.6. The van der Waals surface area contributed by atoms with Crippen molar-refractivity contribution in [3.63, 3.8) is 0 Å². The van der Waals surface area contributed by atoms with Crippen molar-refractivity contribution in [1.82, 2.24) is 0 Å². The first-order chi connectivity index (χ1) is 13.5. The van der Waals surface area contributed by atoms with Crippen LogP contribution in [0.25, 0.3) is 0 Å². The van der Waals surface area contributed by atoms with E-state index in [-0.39, 0.29) is 17.5 Å². The average molecular weight is 384 g/mol. The van der Waals surface area contributed by atoms with E-state index in [0.717, 1.165) is 11.6 Å². The van der Waals surface area contributed by atoms with Crippen molar-refractivity contribution < 1.29 is 14.6 Å². The second kappa shape index (κ2) is 10.5. The Kier molecular flexibility index (Phi) is 7.79. The van der Waals surface area contributed by atoms with Crippen molar-refractivity contribution in [2.75, 3.05) is 12.0 Å². The van der Waals surface area contributed by atoms with Gasteiger partial charge in [-0.15, -0.1) is 0 Å². The molecule has 0 amide bonds. The number of anilines is 1. The lowest BCUT2D eigenvalue weighted by atomic mass is 10.1. The lowest BCUT2D eigenvalue weighted by Crippen LogP contribution is -2.03. The summed E-state index contributed by atoms with van der Waals surface area (Å²) < 4.78 is 5.74. The number of hydrazone groups is 1. The van der Waals surface area contributed by atoms with Crippen LogP contribution >= 0.6 is 0 Å². The maximum absolute atomic E-state index is 11.1. The number of ether oxygens (including phenoxy) is 1. The third-order valence-corrected chi connectivity index (χ3v) is 3.76. The number of nitrogens with one attached hydrogen (secondary N) is 1. The second-order valence-corrected chi connectivity index (χ2v) is 5.62. The Bertz CT molecular complexity index is 868. The number of non-ortho nitro benzene ring substituents is 1. The highest BCUT2D eigenvalue weighted by Crippen LogP contribution is 2.28. The van der Waals surface area contributed by atoms with Crippen molar-refractivity contribution in [2.24, 2.45) is 5.10 Å². The average Bonchev–Trinajstić information content (AvgIpc) is 2.70. The van der Waals surface area contributed by atoms with Gasteiger partial charge in [0.1, 0.15) is 5.69 Å². The third kappa shape index (κ3) is 5.99. The number of benzene rings is 2. The Hall–Kier alpha value is -3.59. The molecule has 1 N–H and O–H groups in total. The fourth-order valence-corrected chi connectivity index (χ4v) is 2.46. The number of allylic oxidation sites excluding steroid dienone is 1. The van der Waals surface area contributed by atoms with Crippen molar-refractivity contribution >= 4 is 23.3 Å². The van der Waals surface area contributed by atoms with E-state index in [2.05, 4.69) is 10.5 Å². The van der Waals surface area contributed by atoms with Gasteiger partial charge in [0.05, 0.1) is 22.0 Å². The molecule has 9 nitrogen and oxygen atoms in total. The Morgan fingerprint density at radius 3 is 2.54 bits per heavy atom. The first kappa shape index (κ1) is 20.7. The van der Waals surface area contributed by atoms with Crippen LogP contribution in [0, 0.1) is 20.2 Å². The number of nitro benzene ring substituents is 2. The normalized spacial score (nSPS) is 12.3. The Balaban J connectivity index is 1.97. The number of rotatable bonds is 10. The van der Waals surface area contributed by atoms with Crippen molar-refractivity contribution in [1.29, 1.82) is 0 Å². The van der Waals surface area contributed by atoms with Crippen LogP contribution in [0.1, 0.15) is 25.0 Å². The van der Waals surface area contributed by atoms with E-state index < -0.39 is 15.5 Å². The molecular weight excluding hydrogens is 364 g/mol. The predicted molar refractivity (Wildman–Crippen MR) is 106 cm³/mol. The zero-order chi connectivity index (χ0) is 20.4. The molecule has 2 rings (SSSR count). The zero-order valence-corrected chi connectivity index (χ0v) is 15.2. The molecule has 9 heteroatoms. The van der Waals surface area contributed by atoms with Gasteiger partial charge >= 0.3 is 5.69 Å². The number of hydrogen-bond donors (Lipinski definition) is 1. The summed E-state index contributed by atoms with van der Waals surface area (Å²) in [6, 6.07) is 13.2. The second-order valence-electron chi connectivity index (χ2n) is 5.62. The van der Waals surface area contributed by atoms with Crippen LogP contribution in [0.4, 0.5) is 17.1 Å². The van der Waals surface area contributed by atoms with Gasteiger partial charge in [-0.25, -0.2) is 0 Å². The molecule has 0 saturated carbocycles. The Morgan fingerprint density at radius 2 is 1.89 bits per heavy atom. The number of nitro groups is 2. The number of hydrogen-bond acceptors (Lipinski definition) is 7. The van der Waals surface area contributed by atoms with E-state index in [9.17, 15) is 20.2 Å². The van der Waals surface area contributed by atoms with Crippen LogP contribution < -0.4 is 5.43 Å². The molecule has 0 aliphatic rings.